The zero-order chi connectivity index (χ0) is 17.9. The average Bonchev–Trinajstić information content (AvgIpc) is 3.12. The fraction of sp³-hybridized carbons (Fsp3) is 0.294. The molecule has 1 unspecified atom stereocenters. The Morgan fingerprint density at radius 3 is 2.68 bits per heavy atom. The van der Waals surface area contributed by atoms with Crippen LogP contribution in [0.1, 0.15) is 18.5 Å². The molecule has 1 fully saturated rings. The van der Waals surface area contributed by atoms with Crippen LogP contribution in [0.3, 0.4) is 0 Å². The molecule has 1 aliphatic rings. The molecule has 1 aliphatic heterocycles. The molecule has 1 atom stereocenters. The molecule has 0 saturated carbocycles. The maximum absolute atomic E-state index is 13.0. The van der Waals surface area contributed by atoms with E-state index >= 15 is 0 Å². The highest BCUT2D eigenvalue weighted by Crippen LogP contribution is 2.27. The van der Waals surface area contributed by atoms with Gasteiger partial charge in [0.15, 0.2) is 0 Å². The monoisotopic (exact) mass is 364 g/mol. The van der Waals surface area contributed by atoms with Gasteiger partial charge >= 0.3 is 5.97 Å². The molecular formula is C17H17FN2O4S. The first-order valence-corrected chi connectivity index (χ1v) is 9.26. The minimum Gasteiger partial charge on any atom is -0.458 e. The number of carbonyl (C=O) groups excluding carboxylic acids is 1. The number of ether oxygens (including phenoxy) is 1. The van der Waals surface area contributed by atoms with Gasteiger partial charge < -0.3 is 4.74 Å². The molecule has 132 valence electrons. The molecular weight excluding hydrogens is 347 g/mol. The van der Waals surface area contributed by atoms with Crippen molar-refractivity contribution in [3.63, 3.8) is 0 Å². The minimum absolute atomic E-state index is 0.0133. The summed E-state index contributed by atoms with van der Waals surface area (Å²) in [6.07, 6.45) is 2.54. The zero-order valence-corrected chi connectivity index (χ0v) is 14.2. The van der Waals surface area contributed by atoms with Gasteiger partial charge in [-0.1, -0.05) is 6.07 Å². The molecule has 0 amide bonds. The van der Waals surface area contributed by atoms with E-state index in [0.29, 0.717) is 18.5 Å². The molecule has 0 spiro atoms. The van der Waals surface area contributed by atoms with Crippen LogP contribution in [0, 0.1) is 5.82 Å². The highest BCUT2D eigenvalue weighted by atomic mass is 32.2. The summed E-state index contributed by atoms with van der Waals surface area (Å²) >= 11 is 0. The lowest BCUT2D eigenvalue weighted by Gasteiger charge is -2.22. The van der Waals surface area contributed by atoms with Crippen molar-refractivity contribution in [2.24, 2.45) is 0 Å². The Labute approximate surface area is 145 Å². The predicted molar refractivity (Wildman–Crippen MR) is 87.3 cm³/mol. The second-order valence-electron chi connectivity index (χ2n) is 5.66. The summed E-state index contributed by atoms with van der Waals surface area (Å²) < 4.78 is 44.8. The van der Waals surface area contributed by atoms with Crippen molar-refractivity contribution in [3.05, 3.63) is 60.2 Å². The highest BCUT2D eigenvalue weighted by molar-refractivity contribution is 7.89. The Balaban J connectivity index is 1.73. The van der Waals surface area contributed by atoms with Crippen LogP contribution in [0.25, 0.3) is 0 Å². The largest absolute Gasteiger partial charge is 0.458 e. The van der Waals surface area contributed by atoms with E-state index in [1.54, 1.807) is 24.4 Å². The van der Waals surface area contributed by atoms with Gasteiger partial charge in [0.05, 0.1) is 10.6 Å². The van der Waals surface area contributed by atoms with E-state index in [0.717, 1.165) is 16.4 Å². The highest BCUT2D eigenvalue weighted by Gasteiger charge is 2.40. The van der Waals surface area contributed by atoms with Crippen molar-refractivity contribution < 1.29 is 22.3 Å². The summed E-state index contributed by atoms with van der Waals surface area (Å²) in [6, 6.07) is 8.91. The molecule has 1 aromatic heterocycles. The Hall–Kier alpha value is -2.32. The number of hydrogen-bond acceptors (Lipinski definition) is 5. The second-order valence-corrected chi connectivity index (χ2v) is 7.55. The lowest BCUT2D eigenvalue weighted by atomic mass is 10.2. The fourth-order valence-corrected chi connectivity index (χ4v) is 4.38. The van der Waals surface area contributed by atoms with Crippen molar-refractivity contribution in [1.29, 1.82) is 0 Å². The number of carbonyl (C=O) groups is 1. The molecule has 0 aliphatic carbocycles. The van der Waals surface area contributed by atoms with Gasteiger partial charge in [0.25, 0.3) is 0 Å². The van der Waals surface area contributed by atoms with Gasteiger partial charge in [0.1, 0.15) is 18.5 Å². The maximum Gasteiger partial charge on any atom is 0.324 e. The Morgan fingerprint density at radius 1 is 1.24 bits per heavy atom. The van der Waals surface area contributed by atoms with Crippen LogP contribution in [0.15, 0.2) is 53.6 Å². The van der Waals surface area contributed by atoms with Crippen LogP contribution in [0.5, 0.6) is 0 Å². The molecule has 25 heavy (non-hydrogen) atoms. The van der Waals surface area contributed by atoms with Crippen LogP contribution in [-0.4, -0.2) is 36.3 Å². The first kappa shape index (κ1) is 17.5. The normalized spacial score (nSPS) is 18.2. The smallest absolute Gasteiger partial charge is 0.324 e. The van der Waals surface area contributed by atoms with Crippen LogP contribution in [0.4, 0.5) is 4.39 Å². The molecule has 0 bridgehead atoms. The molecule has 3 rings (SSSR count). The third-order valence-electron chi connectivity index (χ3n) is 3.98. The van der Waals surface area contributed by atoms with Gasteiger partial charge in [-0.25, -0.2) is 12.8 Å². The molecule has 0 radical (unpaired) electrons. The molecule has 8 heteroatoms. The topological polar surface area (TPSA) is 76.6 Å². The van der Waals surface area contributed by atoms with Gasteiger partial charge in [-0.15, -0.1) is 0 Å². The van der Waals surface area contributed by atoms with Crippen LogP contribution < -0.4 is 0 Å². The first-order valence-electron chi connectivity index (χ1n) is 7.82. The van der Waals surface area contributed by atoms with Gasteiger partial charge in [0, 0.05) is 12.7 Å². The quantitative estimate of drug-likeness (QED) is 0.760. The van der Waals surface area contributed by atoms with Crippen molar-refractivity contribution in [2.45, 2.75) is 30.4 Å². The number of rotatable bonds is 5. The van der Waals surface area contributed by atoms with Gasteiger partial charge in [-0.05, 0) is 49.2 Å². The van der Waals surface area contributed by atoms with E-state index in [4.69, 9.17) is 4.74 Å². The van der Waals surface area contributed by atoms with Crippen LogP contribution in [0.2, 0.25) is 0 Å². The number of pyridine rings is 1. The summed E-state index contributed by atoms with van der Waals surface area (Å²) in [7, 11) is -3.88. The second kappa shape index (κ2) is 7.28. The molecule has 2 aromatic rings. The Bertz CT molecular complexity index is 841. The van der Waals surface area contributed by atoms with Crippen molar-refractivity contribution in [3.8, 4) is 0 Å². The Morgan fingerprint density at radius 2 is 2.00 bits per heavy atom. The molecule has 1 saturated heterocycles. The number of aromatic nitrogens is 1. The van der Waals surface area contributed by atoms with Crippen molar-refractivity contribution >= 4 is 16.0 Å². The average molecular weight is 364 g/mol. The van der Waals surface area contributed by atoms with Gasteiger partial charge in [-0.2, -0.15) is 4.31 Å². The fourth-order valence-electron chi connectivity index (χ4n) is 2.73. The number of hydrogen-bond donors (Lipinski definition) is 0. The first-order chi connectivity index (χ1) is 12.0. The van der Waals surface area contributed by atoms with Crippen LogP contribution >= 0.6 is 0 Å². The summed E-state index contributed by atoms with van der Waals surface area (Å²) in [5, 5.41) is 0. The zero-order valence-electron chi connectivity index (χ0n) is 13.3. The van der Waals surface area contributed by atoms with E-state index in [1.807, 2.05) is 0 Å². The predicted octanol–water partition coefficient (Wildman–Crippen LogP) is 2.12. The summed E-state index contributed by atoms with van der Waals surface area (Å²) in [6.45, 7) is 0.212. The van der Waals surface area contributed by atoms with E-state index < -0.39 is 27.9 Å². The number of benzene rings is 1. The number of nitrogens with zero attached hydrogens (tertiary/aromatic N) is 2. The maximum atomic E-state index is 13.0. The number of halogens is 1. The third kappa shape index (κ3) is 3.85. The van der Waals surface area contributed by atoms with Crippen molar-refractivity contribution in [1.82, 2.24) is 9.29 Å². The molecule has 0 N–H and O–H groups in total. The SMILES string of the molecule is O=C(OCc1ccccn1)C1CCCN1S(=O)(=O)c1ccc(F)cc1. The molecule has 6 nitrogen and oxygen atoms in total. The molecule has 1 aromatic carbocycles. The van der Waals surface area contributed by atoms with Gasteiger partial charge in [-0.3, -0.25) is 9.78 Å². The number of esters is 1. The van der Waals surface area contributed by atoms with Crippen molar-refractivity contribution in [2.75, 3.05) is 6.54 Å². The summed E-state index contributed by atoms with van der Waals surface area (Å²) in [5.41, 5.74) is 0.585. The summed E-state index contributed by atoms with van der Waals surface area (Å²) in [5.74, 6) is -1.12. The third-order valence-corrected chi connectivity index (χ3v) is 5.91. The molecule has 2 heterocycles. The van der Waals surface area contributed by atoms with E-state index in [-0.39, 0.29) is 18.0 Å². The summed E-state index contributed by atoms with van der Waals surface area (Å²) in [4.78, 5) is 16.4. The van der Waals surface area contributed by atoms with Gasteiger partial charge in [0.2, 0.25) is 10.0 Å². The Kier molecular flexibility index (Phi) is 5.10. The van der Waals surface area contributed by atoms with Crippen LogP contribution in [-0.2, 0) is 26.2 Å². The lowest BCUT2D eigenvalue weighted by Crippen LogP contribution is -2.41. The standard InChI is InChI=1S/C17H17FN2O4S/c18-13-6-8-15(9-7-13)25(22,23)20-11-3-5-16(20)17(21)24-12-14-4-1-2-10-19-14/h1-2,4,6-10,16H,3,5,11-12H2. The number of sulfonamides is 1. The van der Waals surface area contributed by atoms with E-state index in [9.17, 15) is 17.6 Å². The van der Waals surface area contributed by atoms with E-state index in [1.165, 1.54) is 12.1 Å². The van der Waals surface area contributed by atoms with E-state index in [2.05, 4.69) is 4.98 Å². The lowest BCUT2D eigenvalue weighted by molar-refractivity contribution is -0.148. The minimum atomic E-state index is -3.88.